The molecule has 1 amide bonds. The van der Waals surface area contributed by atoms with Gasteiger partial charge >= 0.3 is 0 Å². The van der Waals surface area contributed by atoms with Crippen molar-refractivity contribution in [3.8, 4) is 0 Å². The van der Waals surface area contributed by atoms with Crippen LogP contribution in [0.2, 0.25) is 0 Å². The quantitative estimate of drug-likeness (QED) is 0.930. The first-order chi connectivity index (χ1) is 8.58. The highest BCUT2D eigenvalue weighted by atomic mass is 32.1. The van der Waals surface area contributed by atoms with E-state index in [2.05, 4.69) is 10.3 Å². The first kappa shape index (κ1) is 12.6. The van der Waals surface area contributed by atoms with E-state index in [0.717, 1.165) is 18.2 Å². The zero-order valence-electron chi connectivity index (χ0n) is 9.48. The van der Waals surface area contributed by atoms with Gasteiger partial charge in [0.05, 0.1) is 11.6 Å². The molecule has 1 aromatic heterocycles. The van der Waals surface area contributed by atoms with Gasteiger partial charge in [0.15, 0.2) is 0 Å². The van der Waals surface area contributed by atoms with Gasteiger partial charge in [0.1, 0.15) is 17.3 Å². The number of thiazole rings is 1. The van der Waals surface area contributed by atoms with Crippen LogP contribution in [0.15, 0.2) is 29.1 Å². The van der Waals surface area contributed by atoms with Crippen LogP contribution in [0.25, 0.3) is 0 Å². The van der Waals surface area contributed by atoms with Crippen LogP contribution in [0.1, 0.15) is 29.0 Å². The van der Waals surface area contributed by atoms with E-state index in [-0.39, 0.29) is 11.3 Å². The van der Waals surface area contributed by atoms with Crippen molar-refractivity contribution in [1.29, 1.82) is 0 Å². The molecule has 0 aliphatic rings. The molecular formula is C12H10F2N2OS. The van der Waals surface area contributed by atoms with E-state index < -0.39 is 23.6 Å². The molecule has 0 radical (unpaired) electrons. The van der Waals surface area contributed by atoms with Gasteiger partial charge in [0.2, 0.25) is 0 Å². The second-order valence-corrected chi connectivity index (χ2v) is 4.45. The molecule has 1 atom stereocenters. The summed E-state index contributed by atoms with van der Waals surface area (Å²) >= 11 is 1.29. The first-order valence-electron chi connectivity index (χ1n) is 5.22. The van der Waals surface area contributed by atoms with E-state index in [1.165, 1.54) is 16.8 Å². The Bertz CT molecular complexity index is 557. The zero-order chi connectivity index (χ0) is 13.1. The summed E-state index contributed by atoms with van der Waals surface area (Å²) in [5.74, 6) is -1.50. The van der Waals surface area contributed by atoms with Crippen LogP contribution in [0.3, 0.4) is 0 Å². The Labute approximate surface area is 106 Å². The summed E-state index contributed by atoms with van der Waals surface area (Å²) in [6.07, 6.45) is 0. The van der Waals surface area contributed by atoms with Gasteiger partial charge in [-0.3, -0.25) is 4.79 Å². The molecule has 18 heavy (non-hydrogen) atoms. The molecule has 94 valence electrons. The molecule has 0 aliphatic carbocycles. The van der Waals surface area contributed by atoms with Crippen molar-refractivity contribution in [1.82, 2.24) is 10.3 Å². The molecule has 0 saturated carbocycles. The maximum atomic E-state index is 13.5. The van der Waals surface area contributed by atoms with E-state index in [9.17, 15) is 13.6 Å². The Morgan fingerprint density at radius 1 is 1.44 bits per heavy atom. The van der Waals surface area contributed by atoms with E-state index in [0.29, 0.717) is 0 Å². The van der Waals surface area contributed by atoms with Crippen LogP contribution in [0.5, 0.6) is 0 Å². The third kappa shape index (κ3) is 2.70. The average molecular weight is 268 g/mol. The van der Waals surface area contributed by atoms with E-state index in [1.807, 2.05) is 0 Å². The molecule has 2 aromatic rings. The fourth-order valence-corrected chi connectivity index (χ4v) is 2.05. The van der Waals surface area contributed by atoms with Crippen LogP contribution in [0, 0.1) is 11.6 Å². The molecule has 0 spiro atoms. The summed E-state index contributed by atoms with van der Waals surface area (Å²) < 4.78 is 26.5. The molecule has 0 saturated heterocycles. The summed E-state index contributed by atoms with van der Waals surface area (Å²) in [5.41, 5.74) is 1.91. The number of rotatable bonds is 3. The van der Waals surface area contributed by atoms with Gasteiger partial charge < -0.3 is 5.32 Å². The van der Waals surface area contributed by atoms with Crippen LogP contribution in [-0.4, -0.2) is 10.9 Å². The van der Waals surface area contributed by atoms with Crippen LogP contribution >= 0.6 is 11.3 Å². The molecule has 1 aromatic carbocycles. The lowest BCUT2D eigenvalue weighted by atomic mass is 10.1. The average Bonchev–Trinajstić information content (AvgIpc) is 2.85. The van der Waals surface area contributed by atoms with Gasteiger partial charge in [-0.2, -0.15) is 0 Å². The monoisotopic (exact) mass is 268 g/mol. The number of carbonyl (C=O) groups excluding carboxylic acids is 1. The maximum Gasteiger partial charge on any atom is 0.271 e. The van der Waals surface area contributed by atoms with E-state index in [1.54, 1.807) is 12.3 Å². The van der Waals surface area contributed by atoms with Crippen LogP contribution < -0.4 is 5.32 Å². The predicted molar refractivity (Wildman–Crippen MR) is 64.4 cm³/mol. The number of aromatic nitrogens is 1. The number of amides is 1. The summed E-state index contributed by atoms with van der Waals surface area (Å²) in [6.45, 7) is 1.59. The molecule has 6 heteroatoms. The van der Waals surface area contributed by atoms with Crippen LogP contribution in [-0.2, 0) is 0 Å². The predicted octanol–water partition coefficient (Wildman–Crippen LogP) is 2.91. The molecule has 0 bridgehead atoms. The molecule has 1 heterocycles. The van der Waals surface area contributed by atoms with Gasteiger partial charge in [0, 0.05) is 10.9 Å². The molecule has 0 fully saturated rings. The van der Waals surface area contributed by atoms with Crippen molar-refractivity contribution in [2.75, 3.05) is 0 Å². The molecular weight excluding hydrogens is 258 g/mol. The largest absolute Gasteiger partial charge is 0.344 e. The maximum absolute atomic E-state index is 13.5. The molecule has 2 rings (SSSR count). The molecule has 0 aliphatic heterocycles. The summed E-state index contributed by atoms with van der Waals surface area (Å²) in [4.78, 5) is 15.5. The lowest BCUT2D eigenvalue weighted by molar-refractivity contribution is 0.0935. The number of halogens is 2. The Hall–Kier alpha value is -1.82. The number of nitrogens with one attached hydrogen (secondary N) is 1. The minimum atomic E-state index is -0.630. The second-order valence-electron chi connectivity index (χ2n) is 3.73. The topological polar surface area (TPSA) is 42.0 Å². The SMILES string of the molecule is CC(NC(=O)c1cscn1)c1cc(F)ccc1F. The van der Waals surface area contributed by atoms with Gasteiger partial charge in [-0.05, 0) is 25.1 Å². The highest BCUT2D eigenvalue weighted by molar-refractivity contribution is 7.07. The Morgan fingerprint density at radius 2 is 2.22 bits per heavy atom. The number of nitrogens with zero attached hydrogens (tertiary/aromatic N) is 1. The third-order valence-electron chi connectivity index (χ3n) is 2.44. The van der Waals surface area contributed by atoms with Gasteiger partial charge in [-0.25, -0.2) is 13.8 Å². The number of carbonyl (C=O) groups is 1. The number of hydrogen-bond donors (Lipinski definition) is 1. The van der Waals surface area contributed by atoms with Crippen molar-refractivity contribution in [2.24, 2.45) is 0 Å². The molecule has 3 nitrogen and oxygen atoms in total. The van der Waals surface area contributed by atoms with Crippen molar-refractivity contribution in [3.63, 3.8) is 0 Å². The van der Waals surface area contributed by atoms with Gasteiger partial charge in [-0.15, -0.1) is 11.3 Å². The summed E-state index contributed by atoms with van der Waals surface area (Å²) in [5, 5.41) is 4.15. The first-order valence-corrected chi connectivity index (χ1v) is 6.16. The van der Waals surface area contributed by atoms with Gasteiger partial charge in [-0.1, -0.05) is 0 Å². The highest BCUT2D eigenvalue weighted by Crippen LogP contribution is 2.18. The van der Waals surface area contributed by atoms with Crippen LogP contribution in [0.4, 0.5) is 8.78 Å². The molecule has 1 N–H and O–H groups in total. The van der Waals surface area contributed by atoms with Crippen molar-refractivity contribution in [2.45, 2.75) is 13.0 Å². The Morgan fingerprint density at radius 3 is 2.89 bits per heavy atom. The standard InChI is InChI=1S/C12H10F2N2OS/c1-7(9-4-8(13)2-3-10(9)14)16-12(17)11-5-18-6-15-11/h2-7H,1H3,(H,16,17). The Balaban J connectivity index is 2.14. The highest BCUT2D eigenvalue weighted by Gasteiger charge is 2.16. The van der Waals surface area contributed by atoms with E-state index >= 15 is 0 Å². The normalized spacial score (nSPS) is 12.2. The zero-order valence-corrected chi connectivity index (χ0v) is 10.3. The minimum absolute atomic E-state index is 0.110. The van der Waals surface area contributed by atoms with Gasteiger partial charge in [0.25, 0.3) is 5.91 Å². The lowest BCUT2D eigenvalue weighted by Crippen LogP contribution is -2.27. The summed E-state index contributed by atoms with van der Waals surface area (Å²) in [7, 11) is 0. The van der Waals surface area contributed by atoms with E-state index in [4.69, 9.17) is 0 Å². The minimum Gasteiger partial charge on any atom is -0.344 e. The molecule has 1 unspecified atom stereocenters. The number of benzene rings is 1. The second kappa shape index (κ2) is 5.22. The van der Waals surface area contributed by atoms with Crippen molar-refractivity contribution >= 4 is 17.2 Å². The van der Waals surface area contributed by atoms with Crippen molar-refractivity contribution < 1.29 is 13.6 Å². The fraction of sp³-hybridized carbons (Fsp3) is 0.167. The Kier molecular flexibility index (Phi) is 3.66. The van der Waals surface area contributed by atoms with Crippen molar-refractivity contribution in [3.05, 3.63) is 52.0 Å². The fourth-order valence-electron chi connectivity index (χ4n) is 1.52. The smallest absolute Gasteiger partial charge is 0.271 e. The number of hydrogen-bond acceptors (Lipinski definition) is 3. The third-order valence-corrected chi connectivity index (χ3v) is 3.02. The lowest BCUT2D eigenvalue weighted by Gasteiger charge is -2.14. The summed E-state index contributed by atoms with van der Waals surface area (Å²) in [6, 6.07) is 2.51.